The number of methoxy groups -OCH3 is 1. The van der Waals surface area contributed by atoms with Crippen molar-refractivity contribution in [2.45, 2.75) is 65.8 Å². The number of aliphatic imine (C=N–C) groups is 1. The molecule has 1 heterocycles. The Balaban J connectivity index is 0.00000338. The molecule has 26 heavy (non-hydrogen) atoms. The van der Waals surface area contributed by atoms with Gasteiger partial charge in [0.15, 0.2) is 5.96 Å². The summed E-state index contributed by atoms with van der Waals surface area (Å²) in [6.45, 7) is 9.52. The van der Waals surface area contributed by atoms with Gasteiger partial charge in [-0.15, -0.1) is 24.0 Å². The summed E-state index contributed by atoms with van der Waals surface area (Å²) in [5.41, 5.74) is 2.53. The van der Waals surface area contributed by atoms with Crippen molar-refractivity contribution in [2.24, 2.45) is 10.4 Å². The molecule has 1 aromatic heterocycles. The van der Waals surface area contributed by atoms with Gasteiger partial charge in [0.05, 0.1) is 12.2 Å². The smallest absolute Gasteiger partial charge is 0.191 e. The SMILES string of the molecule is CCNC(=NCc1c(CC)noc1CC)NCC1(CCOC)CCC1.I. The fraction of sp³-hybridized carbons (Fsp3) is 0.789. The third kappa shape index (κ3) is 6.11. The Kier molecular flexibility index (Phi) is 10.5. The Labute approximate surface area is 174 Å². The van der Waals surface area contributed by atoms with E-state index < -0.39 is 0 Å². The van der Waals surface area contributed by atoms with E-state index in [-0.39, 0.29) is 24.0 Å². The van der Waals surface area contributed by atoms with Crippen molar-refractivity contribution in [3.05, 3.63) is 17.0 Å². The average Bonchev–Trinajstić information content (AvgIpc) is 3.00. The monoisotopic (exact) mass is 478 g/mol. The highest BCUT2D eigenvalue weighted by Gasteiger charge is 2.36. The number of hydrogen-bond donors (Lipinski definition) is 2. The van der Waals surface area contributed by atoms with Crippen LogP contribution in [0, 0.1) is 5.41 Å². The zero-order valence-corrected chi connectivity index (χ0v) is 19.0. The Morgan fingerprint density at radius 1 is 1.23 bits per heavy atom. The maximum atomic E-state index is 5.44. The van der Waals surface area contributed by atoms with Gasteiger partial charge in [0.1, 0.15) is 5.76 Å². The number of nitrogens with zero attached hydrogens (tertiary/aromatic N) is 2. The highest BCUT2D eigenvalue weighted by atomic mass is 127. The first-order valence-electron chi connectivity index (χ1n) is 9.65. The van der Waals surface area contributed by atoms with Gasteiger partial charge in [0.2, 0.25) is 0 Å². The number of rotatable bonds is 10. The summed E-state index contributed by atoms with van der Waals surface area (Å²) in [4.78, 5) is 4.78. The molecule has 1 saturated carbocycles. The topological polar surface area (TPSA) is 71.7 Å². The molecule has 0 radical (unpaired) electrons. The van der Waals surface area contributed by atoms with Crippen LogP contribution in [0.5, 0.6) is 0 Å². The summed E-state index contributed by atoms with van der Waals surface area (Å²) in [6, 6.07) is 0. The van der Waals surface area contributed by atoms with Crippen LogP contribution in [0.3, 0.4) is 0 Å². The standard InChI is InChI=1S/C19H34N4O2.HI/c1-5-16-15(17(6-2)25-23-16)13-21-18(20-7-3)22-14-19(9-8-10-19)11-12-24-4;/h5-14H2,1-4H3,(H2,20,21,22);1H. The van der Waals surface area contributed by atoms with Gasteiger partial charge in [0, 0.05) is 38.8 Å². The lowest BCUT2D eigenvalue weighted by Crippen LogP contribution is -2.47. The van der Waals surface area contributed by atoms with Crippen LogP contribution in [0.15, 0.2) is 9.52 Å². The van der Waals surface area contributed by atoms with Gasteiger partial charge < -0.3 is 19.9 Å². The highest BCUT2D eigenvalue weighted by Crippen LogP contribution is 2.43. The third-order valence-electron chi connectivity index (χ3n) is 5.23. The molecule has 2 rings (SSSR count). The van der Waals surface area contributed by atoms with Gasteiger partial charge in [-0.2, -0.15) is 0 Å². The largest absolute Gasteiger partial charge is 0.385 e. The van der Waals surface area contributed by atoms with Crippen LogP contribution < -0.4 is 10.6 Å². The molecule has 0 unspecified atom stereocenters. The lowest BCUT2D eigenvalue weighted by molar-refractivity contribution is 0.0732. The van der Waals surface area contributed by atoms with Crippen molar-refractivity contribution in [3.63, 3.8) is 0 Å². The first-order valence-corrected chi connectivity index (χ1v) is 9.65. The van der Waals surface area contributed by atoms with Gasteiger partial charge in [0.25, 0.3) is 0 Å². The Hall–Kier alpha value is -0.830. The van der Waals surface area contributed by atoms with Crippen LogP contribution in [0.4, 0.5) is 0 Å². The zero-order valence-electron chi connectivity index (χ0n) is 16.7. The first-order chi connectivity index (χ1) is 12.2. The maximum absolute atomic E-state index is 5.44. The van der Waals surface area contributed by atoms with Crippen LogP contribution in [-0.4, -0.2) is 37.9 Å². The average molecular weight is 478 g/mol. The fourth-order valence-electron chi connectivity index (χ4n) is 3.40. The van der Waals surface area contributed by atoms with Gasteiger partial charge >= 0.3 is 0 Å². The van der Waals surface area contributed by atoms with E-state index in [2.05, 4.69) is 36.6 Å². The lowest BCUT2D eigenvalue weighted by atomic mass is 9.67. The molecule has 7 heteroatoms. The molecule has 1 aromatic rings. The Morgan fingerprint density at radius 2 is 2.00 bits per heavy atom. The molecule has 6 nitrogen and oxygen atoms in total. The second kappa shape index (κ2) is 11.8. The minimum atomic E-state index is 0. The van der Waals surface area contributed by atoms with Crippen LogP contribution >= 0.6 is 24.0 Å². The second-order valence-electron chi connectivity index (χ2n) is 6.88. The molecule has 0 bridgehead atoms. The van der Waals surface area contributed by atoms with Crippen molar-refractivity contribution < 1.29 is 9.26 Å². The van der Waals surface area contributed by atoms with Crippen molar-refractivity contribution in [2.75, 3.05) is 26.8 Å². The van der Waals surface area contributed by atoms with Crippen molar-refractivity contribution in [1.82, 2.24) is 15.8 Å². The summed E-state index contributed by atoms with van der Waals surface area (Å²) < 4.78 is 10.7. The summed E-state index contributed by atoms with van der Waals surface area (Å²) in [7, 11) is 1.78. The maximum Gasteiger partial charge on any atom is 0.191 e. The molecular formula is C19H35IN4O2. The highest BCUT2D eigenvalue weighted by molar-refractivity contribution is 14.0. The number of guanidine groups is 1. The van der Waals surface area contributed by atoms with Crippen LogP contribution in [0.2, 0.25) is 0 Å². The molecule has 0 atom stereocenters. The van der Waals surface area contributed by atoms with Gasteiger partial charge in [-0.05, 0) is 38.0 Å². The molecule has 0 amide bonds. The van der Waals surface area contributed by atoms with E-state index >= 15 is 0 Å². The molecule has 1 aliphatic carbocycles. The van der Waals surface area contributed by atoms with Crippen LogP contribution in [0.25, 0.3) is 0 Å². The number of ether oxygens (including phenoxy) is 1. The van der Waals surface area contributed by atoms with Crippen LogP contribution in [-0.2, 0) is 24.1 Å². The Bertz CT molecular complexity index is 534. The van der Waals surface area contributed by atoms with Gasteiger partial charge in [-0.3, -0.25) is 0 Å². The van der Waals surface area contributed by atoms with Crippen molar-refractivity contribution in [1.29, 1.82) is 0 Å². The predicted molar refractivity (Wildman–Crippen MR) is 116 cm³/mol. The Morgan fingerprint density at radius 3 is 2.54 bits per heavy atom. The lowest BCUT2D eigenvalue weighted by Gasteiger charge is -2.42. The molecule has 0 spiro atoms. The number of halogens is 1. The normalized spacial score (nSPS) is 15.9. The quantitative estimate of drug-likeness (QED) is 0.305. The number of aryl methyl sites for hydroxylation is 2. The van der Waals surface area contributed by atoms with Crippen molar-refractivity contribution in [3.8, 4) is 0 Å². The van der Waals surface area contributed by atoms with E-state index in [9.17, 15) is 0 Å². The second-order valence-corrected chi connectivity index (χ2v) is 6.88. The fourth-order valence-corrected chi connectivity index (χ4v) is 3.40. The minimum Gasteiger partial charge on any atom is -0.385 e. The molecular weight excluding hydrogens is 443 g/mol. The molecule has 2 N–H and O–H groups in total. The van der Waals surface area contributed by atoms with E-state index in [1.165, 1.54) is 19.3 Å². The van der Waals surface area contributed by atoms with Crippen LogP contribution in [0.1, 0.15) is 63.5 Å². The minimum absolute atomic E-state index is 0. The van der Waals surface area contributed by atoms with E-state index in [0.717, 1.165) is 61.9 Å². The molecule has 150 valence electrons. The van der Waals surface area contributed by atoms with Gasteiger partial charge in [-0.1, -0.05) is 25.4 Å². The van der Waals surface area contributed by atoms with E-state index in [1.807, 2.05) is 0 Å². The summed E-state index contributed by atoms with van der Waals surface area (Å²) in [6.07, 6.45) is 6.70. The first kappa shape index (κ1) is 23.2. The summed E-state index contributed by atoms with van der Waals surface area (Å²) in [5.74, 6) is 1.82. The number of hydrogen-bond acceptors (Lipinski definition) is 4. The van der Waals surface area contributed by atoms with Crippen molar-refractivity contribution >= 4 is 29.9 Å². The number of aromatic nitrogens is 1. The zero-order chi connectivity index (χ0) is 18.1. The molecule has 0 aromatic carbocycles. The summed E-state index contributed by atoms with van der Waals surface area (Å²) >= 11 is 0. The molecule has 0 aliphatic heterocycles. The predicted octanol–water partition coefficient (Wildman–Crippen LogP) is 3.68. The number of nitrogens with one attached hydrogen (secondary N) is 2. The third-order valence-corrected chi connectivity index (χ3v) is 5.23. The molecule has 1 aliphatic rings. The van der Waals surface area contributed by atoms with E-state index in [0.29, 0.717) is 12.0 Å². The molecule has 0 saturated heterocycles. The summed E-state index contributed by atoms with van der Waals surface area (Å²) in [5, 5.41) is 11.1. The van der Waals surface area contributed by atoms with E-state index in [4.69, 9.17) is 14.3 Å². The molecule has 1 fully saturated rings. The van der Waals surface area contributed by atoms with Gasteiger partial charge in [-0.25, -0.2) is 4.99 Å². The van der Waals surface area contributed by atoms with E-state index in [1.54, 1.807) is 7.11 Å².